The summed E-state index contributed by atoms with van der Waals surface area (Å²) in [5.74, 6) is -0.566. The van der Waals surface area contributed by atoms with Crippen LogP contribution in [0.25, 0.3) is 0 Å². The molecule has 33 heavy (non-hydrogen) atoms. The van der Waals surface area contributed by atoms with Crippen molar-refractivity contribution in [1.82, 2.24) is 9.88 Å². The van der Waals surface area contributed by atoms with Gasteiger partial charge in [0.05, 0.1) is 25.3 Å². The summed E-state index contributed by atoms with van der Waals surface area (Å²) in [6.45, 7) is 4.00. The molecule has 3 amide bonds. The highest BCUT2D eigenvalue weighted by atomic mass is 32.1. The van der Waals surface area contributed by atoms with Crippen molar-refractivity contribution in [3.05, 3.63) is 76.3 Å². The first-order valence-electron chi connectivity index (χ1n) is 10.6. The normalized spacial score (nSPS) is 13.4. The number of nitrogens with zero attached hydrogens (tertiary/aromatic N) is 2. The fourth-order valence-electron chi connectivity index (χ4n) is 3.50. The van der Waals surface area contributed by atoms with Gasteiger partial charge >= 0.3 is 0 Å². The van der Waals surface area contributed by atoms with E-state index in [4.69, 9.17) is 4.74 Å². The molecule has 0 radical (unpaired) electrons. The summed E-state index contributed by atoms with van der Waals surface area (Å²) < 4.78 is 5.32. The van der Waals surface area contributed by atoms with Gasteiger partial charge in [-0.1, -0.05) is 24.3 Å². The summed E-state index contributed by atoms with van der Waals surface area (Å²) in [5, 5.41) is 7.80. The minimum Gasteiger partial charge on any atom is -0.378 e. The van der Waals surface area contributed by atoms with E-state index in [2.05, 4.69) is 15.6 Å². The lowest BCUT2D eigenvalue weighted by atomic mass is 10.0. The van der Waals surface area contributed by atoms with Crippen LogP contribution in [0, 0.1) is 6.92 Å². The number of hydrogen-bond acceptors (Lipinski definition) is 6. The summed E-state index contributed by atoms with van der Waals surface area (Å²) in [5.41, 5.74) is 2.96. The van der Waals surface area contributed by atoms with Crippen molar-refractivity contribution < 1.29 is 19.1 Å². The number of benzene rings is 2. The molecule has 2 heterocycles. The van der Waals surface area contributed by atoms with Crippen LogP contribution in [0.1, 0.15) is 32.0 Å². The molecule has 0 spiro atoms. The molecule has 170 valence electrons. The Morgan fingerprint density at radius 1 is 1.03 bits per heavy atom. The van der Waals surface area contributed by atoms with E-state index in [-0.39, 0.29) is 24.1 Å². The van der Waals surface area contributed by atoms with Gasteiger partial charge in [0, 0.05) is 35.3 Å². The minimum atomic E-state index is -0.252. The van der Waals surface area contributed by atoms with Crippen LogP contribution < -0.4 is 10.6 Å². The Kier molecular flexibility index (Phi) is 7.11. The zero-order valence-corrected chi connectivity index (χ0v) is 19.0. The van der Waals surface area contributed by atoms with Gasteiger partial charge in [-0.3, -0.25) is 19.7 Å². The molecule has 1 aromatic heterocycles. The lowest BCUT2D eigenvalue weighted by Crippen LogP contribution is -2.41. The maximum Gasteiger partial charge on any atom is 0.257 e. The smallest absolute Gasteiger partial charge is 0.257 e. The monoisotopic (exact) mass is 464 g/mol. The molecule has 8 nitrogen and oxygen atoms in total. The molecule has 4 rings (SSSR count). The number of anilines is 2. The van der Waals surface area contributed by atoms with Crippen molar-refractivity contribution in [3.8, 4) is 0 Å². The fourth-order valence-corrected chi connectivity index (χ4v) is 4.21. The minimum absolute atomic E-state index is 0.0544. The van der Waals surface area contributed by atoms with Gasteiger partial charge in [0.1, 0.15) is 0 Å². The Hall–Kier alpha value is -3.56. The third kappa shape index (κ3) is 5.63. The van der Waals surface area contributed by atoms with Gasteiger partial charge < -0.3 is 15.0 Å². The maximum atomic E-state index is 12.9. The molecule has 0 bridgehead atoms. The summed E-state index contributed by atoms with van der Waals surface area (Å²) in [6.07, 6.45) is 0.0544. The maximum absolute atomic E-state index is 12.9. The van der Waals surface area contributed by atoms with Gasteiger partial charge in [0.25, 0.3) is 11.8 Å². The van der Waals surface area contributed by atoms with Gasteiger partial charge in [-0.2, -0.15) is 0 Å². The number of nitrogens with one attached hydrogen (secondary N) is 2. The lowest BCUT2D eigenvalue weighted by molar-refractivity contribution is -0.115. The number of carbonyl (C=O) groups excluding carboxylic acids is 3. The van der Waals surface area contributed by atoms with Crippen LogP contribution in [-0.2, 0) is 16.0 Å². The largest absolute Gasteiger partial charge is 0.378 e. The molecule has 0 aliphatic carbocycles. The number of thiazole rings is 1. The zero-order valence-electron chi connectivity index (χ0n) is 18.2. The predicted octanol–water partition coefficient (Wildman–Crippen LogP) is 3.36. The standard InChI is InChI=1S/C24H24N4O4S/c1-16-19(23(31)28-10-12-32-13-11-28)8-5-9-20(16)26-21(29)14-18-15-33-24(25-18)27-22(30)17-6-3-2-4-7-17/h2-9,15H,10-14H2,1H3,(H,26,29)(H,25,27,30). The summed E-state index contributed by atoms with van der Waals surface area (Å²) in [4.78, 5) is 43.8. The van der Waals surface area contributed by atoms with E-state index in [0.29, 0.717) is 53.9 Å². The van der Waals surface area contributed by atoms with E-state index in [1.165, 1.54) is 11.3 Å². The van der Waals surface area contributed by atoms with Gasteiger partial charge in [0.2, 0.25) is 5.91 Å². The van der Waals surface area contributed by atoms with Crippen molar-refractivity contribution in [3.63, 3.8) is 0 Å². The molecular weight excluding hydrogens is 440 g/mol. The van der Waals surface area contributed by atoms with Crippen molar-refractivity contribution in [2.45, 2.75) is 13.3 Å². The van der Waals surface area contributed by atoms with Crippen LogP contribution in [0.15, 0.2) is 53.9 Å². The topological polar surface area (TPSA) is 101 Å². The Labute approximate surface area is 195 Å². The molecule has 2 N–H and O–H groups in total. The molecule has 0 atom stereocenters. The average molecular weight is 465 g/mol. The average Bonchev–Trinajstić information content (AvgIpc) is 3.27. The van der Waals surface area contributed by atoms with Crippen molar-refractivity contribution in [2.75, 3.05) is 36.9 Å². The van der Waals surface area contributed by atoms with E-state index in [9.17, 15) is 14.4 Å². The Balaban J connectivity index is 1.37. The summed E-state index contributed by atoms with van der Waals surface area (Å²) >= 11 is 1.26. The Morgan fingerprint density at radius 3 is 2.55 bits per heavy atom. The molecule has 1 aliphatic heterocycles. The number of amides is 3. The Morgan fingerprint density at radius 2 is 1.79 bits per heavy atom. The second kappa shape index (κ2) is 10.4. The van der Waals surface area contributed by atoms with E-state index in [1.807, 2.05) is 13.0 Å². The highest BCUT2D eigenvalue weighted by molar-refractivity contribution is 7.14. The quantitative estimate of drug-likeness (QED) is 0.583. The van der Waals surface area contributed by atoms with Crippen LogP contribution in [-0.4, -0.2) is 53.9 Å². The Bertz CT molecular complexity index is 1160. The second-order valence-electron chi connectivity index (χ2n) is 7.57. The van der Waals surface area contributed by atoms with Gasteiger partial charge in [-0.05, 0) is 36.8 Å². The number of carbonyl (C=O) groups is 3. The van der Waals surface area contributed by atoms with Gasteiger partial charge in [0.15, 0.2) is 5.13 Å². The number of hydrogen-bond donors (Lipinski definition) is 2. The van der Waals surface area contributed by atoms with Crippen molar-refractivity contribution in [1.29, 1.82) is 0 Å². The third-order valence-electron chi connectivity index (χ3n) is 5.29. The third-order valence-corrected chi connectivity index (χ3v) is 6.09. The highest BCUT2D eigenvalue weighted by Crippen LogP contribution is 2.22. The zero-order chi connectivity index (χ0) is 23.2. The van der Waals surface area contributed by atoms with E-state index >= 15 is 0 Å². The SMILES string of the molecule is Cc1c(NC(=O)Cc2csc(NC(=O)c3ccccc3)n2)cccc1C(=O)N1CCOCC1. The number of morpholine rings is 1. The van der Waals surface area contributed by atoms with Crippen LogP contribution >= 0.6 is 11.3 Å². The van der Waals surface area contributed by atoms with Crippen LogP contribution in [0.2, 0.25) is 0 Å². The predicted molar refractivity (Wildman–Crippen MR) is 127 cm³/mol. The molecule has 1 fully saturated rings. The van der Waals surface area contributed by atoms with Crippen molar-refractivity contribution in [2.24, 2.45) is 0 Å². The van der Waals surface area contributed by atoms with Gasteiger partial charge in [-0.25, -0.2) is 4.98 Å². The first-order chi connectivity index (χ1) is 16.0. The second-order valence-corrected chi connectivity index (χ2v) is 8.43. The first-order valence-corrected chi connectivity index (χ1v) is 11.5. The molecule has 9 heteroatoms. The highest BCUT2D eigenvalue weighted by Gasteiger charge is 2.21. The van der Waals surface area contributed by atoms with Gasteiger partial charge in [-0.15, -0.1) is 11.3 Å². The number of rotatable bonds is 6. The van der Waals surface area contributed by atoms with E-state index in [0.717, 1.165) is 5.56 Å². The van der Waals surface area contributed by atoms with E-state index in [1.54, 1.807) is 52.7 Å². The summed E-state index contributed by atoms with van der Waals surface area (Å²) in [7, 11) is 0. The molecule has 0 saturated carbocycles. The molecule has 0 unspecified atom stereocenters. The summed E-state index contributed by atoms with van der Waals surface area (Å²) in [6, 6.07) is 14.2. The molecule has 3 aromatic rings. The number of ether oxygens (including phenoxy) is 1. The van der Waals surface area contributed by atoms with Crippen LogP contribution in [0.3, 0.4) is 0 Å². The molecule has 2 aromatic carbocycles. The fraction of sp³-hybridized carbons (Fsp3) is 0.250. The number of aromatic nitrogens is 1. The van der Waals surface area contributed by atoms with Crippen LogP contribution in [0.5, 0.6) is 0 Å². The van der Waals surface area contributed by atoms with E-state index < -0.39 is 0 Å². The molecule has 1 saturated heterocycles. The lowest BCUT2D eigenvalue weighted by Gasteiger charge is -2.27. The van der Waals surface area contributed by atoms with Crippen LogP contribution in [0.4, 0.5) is 10.8 Å². The van der Waals surface area contributed by atoms with Crippen molar-refractivity contribution >= 4 is 39.9 Å². The molecule has 1 aliphatic rings. The first kappa shape index (κ1) is 22.6. The molecular formula is C24H24N4O4S.